The minimum atomic E-state index is -0.438. The number of benzene rings is 1. The van der Waals surface area contributed by atoms with E-state index in [-0.39, 0.29) is 18.1 Å². The molecule has 1 aliphatic rings. The molecule has 1 heterocycles. The number of hydrogen-bond acceptors (Lipinski definition) is 5. The molecule has 2 rings (SSSR count). The van der Waals surface area contributed by atoms with Gasteiger partial charge < -0.3 is 9.64 Å². The van der Waals surface area contributed by atoms with Crippen molar-refractivity contribution in [3.8, 4) is 5.75 Å². The van der Waals surface area contributed by atoms with Crippen LogP contribution in [-0.2, 0) is 4.79 Å². The molecule has 0 radical (unpaired) electrons. The molecule has 0 N–H and O–H groups in total. The van der Waals surface area contributed by atoms with E-state index in [1.54, 1.807) is 24.3 Å². The molecule has 0 spiro atoms. The summed E-state index contributed by atoms with van der Waals surface area (Å²) in [6, 6.07) is 4.95. The molecule has 140 valence electrons. The van der Waals surface area contributed by atoms with Crippen LogP contribution in [0.4, 0.5) is 0 Å². The predicted octanol–water partition coefficient (Wildman–Crippen LogP) is 5.29. The number of halogens is 1. The molecule has 0 unspecified atom stereocenters. The van der Waals surface area contributed by atoms with Crippen LogP contribution < -0.4 is 4.74 Å². The van der Waals surface area contributed by atoms with Crippen molar-refractivity contribution >= 4 is 34.9 Å². The number of carbonyl (C=O) groups excluding carboxylic acids is 2. The topological polar surface area (TPSA) is 46.6 Å². The third kappa shape index (κ3) is 4.51. The lowest BCUT2D eigenvalue weighted by Gasteiger charge is -2.25. The van der Waals surface area contributed by atoms with Crippen LogP contribution in [0.25, 0.3) is 0 Å². The number of methoxy groups -OCH3 is 1. The molecule has 0 amide bonds. The van der Waals surface area contributed by atoms with Crippen molar-refractivity contribution in [1.82, 2.24) is 4.90 Å². The van der Waals surface area contributed by atoms with Crippen molar-refractivity contribution in [3.63, 3.8) is 0 Å². The van der Waals surface area contributed by atoms with Crippen LogP contribution in [0.15, 0.2) is 39.9 Å². The van der Waals surface area contributed by atoms with E-state index in [1.165, 1.54) is 18.9 Å². The summed E-state index contributed by atoms with van der Waals surface area (Å²) in [4.78, 5) is 28.3. The van der Waals surface area contributed by atoms with Crippen molar-refractivity contribution in [2.24, 2.45) is 5.41 Å². The highest BCUT2D eigenvalue weighted by molar-refractivity contribution is 8.06. The minimum Gasteiger partial charge on any atom is -0.496 e. The molecule has 1 aromatic rings. The summed E-state index contributed by atoms with van der Waals surface area (Å²) in [5.41, 5.74) is 0.953. The molecular formula is C20H24ClNO3S. The van der Waals surface area contributed by atoms with Crippen molar-refractivity contribution in [1.29, 1.82) is 0 Å². The smallest absolute Gasteiger partial charge is 0.192 e. The first-order valence-corrected chi connectivity index (χ1v) is 9.49. The molecule has 0 saturated carbocycles. The van der Waals surface area contributed by atoms with Gasteiger partial charge in [-0.2, -0.15) is 0 Å². The normalized spacial score (nSPS) is 16.4. The average molecular weight is 394 g/mol. The zero-order valence-corrected chi connectivity index (χ0v) is 17.5. The number of ketones is 2. The fourth-order valence-electron chi connectivity index (χ4n) is 2.39. The quantitative estimate of drug-likeness (QED) is 0.502. The summed E-state index contributed by atoms with van der Waals surface area (Å²) in [7, 11) is 1.52. The van der Waals surface area contributed by atoms with Gasteiger partial charge in [0.2, 0.25) is 0 Å². The zero-order chi connectivity index (χ0) is 19.6. The van der Waals surface area contributed by atoms with Crippen LogP contribution >= 0.6 is 23.4 Å². The molecule has 1 aromatic carbocycles. The lowest BCUT2D eigenvalue weighted by atomic mass is 9.90. The van der Waals surface area contributed by atoms with Crippen LogP contribution in [0.5, 0.6) is 5.75 Å². The van der Waals surface area contributed by atoms with E-state index in [9.17, 15) is 9.59 Å². The van der Waals surface area contributed by atoms with Crippen LogP contribution in [-0.4, -0.2) is 30.1 Å². The summed E-state index contributed by atoms with van der Waals surface area (Å²) in [5, 5.41) is 1.21. The second-order valence-corrected chi connectivity index (χ2v) is 8.87. The second-order valence-electron chi connectivity index (χ2n) is 7.19. The molecule has 0 aromatic heterocycles. The highest BCUT2D eigenvalue weighted by Gasteiger charge is 2.30. The fraction of sp³-hybridized carbons (Fsp3) is 0.400. The monoisotopic (exact) mass is 393 g/mol. The van der Waals surface area contributed by atoms with Crippen molar-refractivity contribution in [2.45, 2.75) is 34.6 Å². The van der Waals surface area contributed by atoms with Gasteiger partial charge in [-0.25, -0.2) is 0 Å². The number of thioether (sulfide) groups is 1. The van der Waals surface area contributed by atoms with E-state index >= 15 is 0 Å². The maximum atomic E-state index is 12.8. The Hall–Kier alpha value is -1.72. The Morgan fingerprint density at radius 3 is 2.50 bits per heavy atom. The maximum absolute atomic E-state index is 12.8. The van der Waals surface area contributed by atoms with E-state index in [0.29, 0.717) is 16.3 Å². The summed E-state index contributed by atoms with van der Waals surface area (Å²) < 4.78 is 5.27. The van der Waals surface area contributed by atoms with Gasteiger partial charge in [0.15, 0.2) is 11.6 Å². The van der Waals surface area contributed by atoms with Crippen molar-refractivity contribution < 1.29 is 14.3 Å². The van der Waals surface area contributed by atoms with Crippen molar-refractivity contribution in [3.05, 3.63) is 50.5 Å². The van der Waals surface area contributed by atoms with Crippen LogP contribution in [0.2, 0.25) is 5.02 Å². The van der Waals surface area contributed by atoms with E-state index in [1.807, 2.05) is 39.5 Å². The molecule has 0 aliphatic carbocycles. The first-order chi connectivity index (χ1) is 12.0. The Kier molecular flexibility index (Phi) is 6.25. The third-order valence-electron chi connectivity index (χ3n) is 4.26. The Labute approximate surface area is 164 Å². The maximum Gasteiger partial charge on any atom is 0.192 e. The molecule has 0 bridgehead atoms. The number of Topliss-reactive ketones (excluding diaryl/α,β-unsaturated/α-hetero) is 1. The summed E-state index contributed by atoms with van der Waals surface area (Å²) in [6.07, 6.45) is 1.55. The van der Waals surface area contributed by atoms with Gasteiger partial charge in [-0.15, -0.1) is 0 Å². The lowest BCUT2D eigenvalue weighted by Crippen LogP contribution is -2.32. The Morgan fingerprint density at radius 1 is 1.27 bits per heavy atom. The van der Waals surface area contributed by atoms with Crippen LogP contribution in [0, 0.1) is 5.41 Å². The molecule has 0 fully saturated rings. The van der Waals surface area contributed by atoms with Gasteiger partial charge in [0.25, 0.3) is 0 Å². The van der Waals surface area contributed by atoms with Crippen LogP contribution in [0.1, 0.15) is 45.0 Å². The van der Waals surface area contributed by atoms with Gasteiger partial charge in [-0.05, 0) is 32.0 Å². The fourth-order valence-corrected chi connectivity index (χ4v) is 3.61. The standard InChI is InChI=1S/C20H24ClNO3S/c1-12-13(2)26-19(22(12)11-18(24)20(3,4)5)10-16(23)15-9-14(21)7-8-17(15)25-6/h7-10H,11H2,1-6H3. The molecule has 0 atom stereocenters. The van der Waals surface area contributed by atoms with Gasteiger partial charge in [0, 0.05) is 27.1 Å². The number of allylic oxidation sites excluding steroid dienone is 3. The lowest BCUT2D eigenvalue weighted by molar-refractivity contribution is -0.126. The highest BCUT2D eigenvalue weighted by Crippen LogP contribution is 2.41. The zero-order valence-electron chi connectivity index (χ0n) is 16.0. The van der Waals surface area contributed by atoms with Gasteiger partial charge >= 0.3 is 0 Å². The van der Waals surface area contributed by atoms with Crippen molar-refractivity contribution in [2.75, 3.05) is 13.7 Å². The highest BCUT2D eigenvalue weighted by atomic mass is 35.5. The molecular weight excluding hydrogens is 370 g/mol. The second kappa shape index (κ2) is 7.89. The Balaban J connectivity index is 2.35. The van der Waals surface area contributed by atoms with Gasteiger partial charge in [-0.3, -0.25) is 9.59 Å². The van der Waals surface area contributed by atoms with E-state index in [4.69, 9.17) is 16.3 Å². The Bertz CT molecular complexity index is 806. The van der Waals surface area contributed by atoms with Crippen LogP contribution in [0.3, 0.4) is 0 Å². The third-order valence-corrected chi connectivity index (χ3v) is 5.64. The molecule has 0 saturated heterocycles. The van der Waals surface area contributed by atoms with Gasteiger partial charge in [0.05, 0.1) is 24.2 Å². The number of carbonyl (C=O) groups is 2. The SMILES string of the molecule is COc1ccc(Cl)cc1C(=O)C=C1SC(C)=C(C)N1CC(=O)C(C)(C)C. The average Bonchev–Trinajstić information content (AvgIpc) is 2.81. The summed E-state index contributed by atoms with van der Waals surface area (Å²) in [5.74, 6) is 0.381. The molecule has 4 nitrogen and oxygen atoms in total. The predicted molar refractivity (Wildman–Crippen MR) is 108 cm³/mol. The first-order valence-electron chi connectivity index (χ1n) is 8.30. The number of nitrogens with zero attached hydrogens (tertiary/aromatic N) is 1. The van der Waals surface area contributed by atoms with E-state index in [2.05, 4.69) is 0 Å². The first kappa shape index (κ1) is 20.6. The number of ether oxygens (including phenoxy) is 1. The number of hydrogen-bond donors (Lipinski definition) is 0. The van der Waals surface area contributed by atoms with E-state index < -0.39 is 5.41 Å². The Morgan fingerprint density at radius 2 is 1.92 bits per heavy atom. The summed E-state index contributed by atoms with van der Waals surface area (Å²) >= 11 is 7.53. The van der Waals surface area contributed by atoms with Gasteiger partial charge in [-0.1, -0.05) is 44.1 Å². The van der Waals surface area contributed by atoms with E-state index in [0.717, 1.165) is 15.6 Å². The molecule has 26 heavy (non-hydrogen) atoms. The molecule has 6 heteroatoms. The summed E-state index contributed by atoms with van der Waals surface area (Å²) in [6.45, 7) is 9.89. The van der Waals surface area contributed by atoms with Gasteiger partial charge in [0.1, 0.15) is 5.75 Å². The molecule has 1 aliphatic heterocycles. The minimum absolute atomic E-state index is 0.117. The largest absolute Gasteiger partial charge is 0.496 e. The number of rotatable bonds is 5.